The third-order valence-electron chi connectivity index (χ3n) is 4.31. The van der Waals surface area contributed by atoms with E-state index in [9.17, 15) is 0 Å². The number of nitrogens with zero attached hydrogens (tertiary/aromatic N) is 3. The zero-order valence-electron chi connectivity index (χ0n) is 11.2. The molecule has 0 saturated heterocycles. The maximum absolute atomic E-state index is 6.53. The van der Waals surface area contributed by atoms with Gasteiger partial charge in [0, 0.05) is 24.5 Å². The first kappa shape index (κ1) is 12.6. The maximum Gasteiger partial charge on any atom is 0.127 e. The summed E-state index contributed by atoms with van der Waals surface area (Å²) in [5, 5.41) is 0. The van der Waals surface area contributed by atoms with Crippen LogP contribution in [0.25, 0.3) is 0 Å². The highest BCUT2D eigenvalue weighted by molar-refractivity contribution is 5.11. The van der Waals surface area contributed by atoms with Crippen molar-refractivity contribution in [2.75, 3.05) is 14.1 Å². The molecule has 0 spiro atoms. The largest absolute Gasteiger partial charge is 0.334 e. The average molecular weight is 236 g/mol. The molecule has 4 nitrogen and oxygen atoms in total. The Labute approximate surface area is 104 Å². The van der Waals surface area contributed by atoms with Gasteiger partial charge in [0.05, 0.1) is 6.04 Å². The number of likely N-dealkylation sites (N-methyl/N-ethyl adjacent to an activating group) is 1. The molecule has 1 aliphatic carbocycles. The lowest BCUT2D eigenvalue weighted by Crippen LogP contribution is -2.51. The predicted molar refractivity (Wildman–Crippen MR) is 69.7 cm³/mol. The number of rotatable bonds is 4. The molecular formula is C13H24N4. The molecule has 1 saturated carbocycles. The maximum atomic E-state index is 6.53. The van der Waals surface area contributed by atoms with Crippen LogP contribution in [-0.2, 0) is 6.54 Å². The number of hydrogen-bond donors (Lipinski definition) is 1. The van der Waals surface area contributed by atoms with E-state index in [1.165, 1.54) is 25.7 Å². The second kappa shape index (κ2) is 4.78. The smallest absolute Gasteiger partial charge is 0.127 e. The Morgan fingerprint density at radius 1 is 1.47 bits per heavy atom. The van der Waals surface area contributed by atoms with Gasteiger partial charge in [0.15, 0.2) is 0 Å². The number of hydrogen-bond acceptors (Lipinski definition) is 3. The van der Waals surface area contributed by atoms with Crippen LogP contribution < -0.4 is 5.73 Å². The fourth-order valence-electron chi connectivity index (χ4n) is 3.13. The molecule has 0 radical (unpaired) electrons. The molecule has 1 fully saturated rings. The van der Waals surface area contributed by atoms with Crippen LogP contribution in [0.2, 0.25) is 0 Å². The summed E-state index contributed by atoms with van der Waals surface area (Å²) in [4.78, 5) is 6.78. The van der Waals surface area contributed by atoms with Crippen molar-refractivity contribution < 1.29 is 0 Å². The summed E-state index contributed by atoms with van der Waals surface area (Å²) in [5.74, 6) is 1.03. The topological polar surface area (TPSA) is 47.1 Å². The van der Waals surface area contributed by atoms with Gasteiger partial charge in [-0.15, -0.1) is 0 Å². The minimum Gasteiger partial charge on any atom is -0.334 e. The van der Waals surface area contributed by atoms with Gasteiger partial charge in [0.2, 0.25) is 0 Å². The van der Waals surface area contributed by atoms with E-state index < -0.39 is 0 Å². The number of nitrogens with two attached hydrogens (primary N) is 1. The Hall–Kier alpha value is -0.870. The van der Waals surface area contributed by atoms with Crippen LogP contribution in [0.5, 0.6) is 0 Å². The van der Waals surface area contributed by atoms with E-state index in [1.807, 2.05) is 12.4 Å². The second-order valence-electron chi connectivity index (χ2n) is 5.25. The first-order valence-corrected chi connectivity index (χ1v) is 6.56. The van der Waals surface area contributed by atoms with Gasteiger partial charge in [-0.25, -0.2) is 4.98 Å². The number of aryl methyl sites for hydroxylation is 1. The molecule has 1 aliphatic rings. The van der Waals surface area contributed by atoms with Gasteiger partial charge < -0.3 is 15.2 Å². The Kier molecular flexibility index (Phi) is 3.54. The minimum atomic E-state index is 0.00921. The monoisotopic (exact) mass is 236 g/mol. The number of aromatic nitrogens is 2. The van der Waals surface area contributed by atoms with Crippen molar-refractivity contribution in [1.29, 1.82) is 0 Å². The molecule has 1 aromatic heterocycles. The Morgan fingerprint density at radius 2 is 2.12 bits per heavy atom. The number of imidazole rings is 1. The molecule has 96 valence electrons. The zero-order chi connectivity index (χ0) is 12.5. The van der Waals surface area contributed by atoms with Crippen LogP contribution >= 0.6 is 0 Å². The van der Waals surface area contributed by atoms with Crippen LogP contribution in [-0.4, -0.2) is 34.1 Å². The fraction of sp³-hybridized carbons (Fsp3) is 0.769. The molecule has 0 aliphatic heterocycles. The fourth-order valence-corrected chi connectivity index (χ4v) is 3.13. The van der Waals surface area contributed by atoms with Crippen molar-refractivity contribution in [3.05, 3.63) is 18.2 Å². The van der Waals surface area contributed by atoms with Gasteiger partial charge in [0.25, 0.3) is 0 Å². The molecule has 17 heavy (non-hydrogen) atoms. The molecule has 1 unspecified atom stereocenters. The SMILES string of the molecule is CCn1ccnc1C(N)C1(N(C)C)CCCC1. The van der Waals surface area contributed by atoms with Crippen LogP contribution in [0.4, 0.5) is 0 Å². The van der Waals surface area contributed by atoms with Gasteiger partial charge in [-0.1, -0.05) is 12.8 Å². The summed E-state index contributed by atoms with van der Waals surface area (Å²) in [5.41, 5.74) is 6.63. The first-order chi connectivity index (χ1) is 8.12. The summed E-state index contributed by atoms with van der Waals surface area (Å²) in [6.07, 6.45) is 8.79. The van der Waals surface area contributed by atoms with E-state index in [0.29, 0.717) is 0 Å². The lowest BCUT2D eigenvalue weighted by molar-refractivity contribution is 0.118. The lowest BCUT2D eigenvalue weighted by atomic mass is 9.86. The second-order valence-corrected chi connectivity index (χ2v) is 5.25. The predicted octanol–water partition coefficient (Wildman–Crippen LogP) is 1.78. The highest BCUT2D eigenvalue weighted by Gasteiger charge is 2.43. The quantitative estimate of drug-likeness (QED) is 0.867. The standard InChI is InChI=1S/C13H24N4/c1-4-17-10-9-15-12(17)11(14)13(16(2)3)7-5-6-8-13/h9-11H,4-8,14H2,1-3H3. The van der Waals surface area contributed by atoms with E-state index in [4.69, 9.17) is 5.73 Å². The summed E-state index contributed by atoms with van der Waals surface area (Å²) in [6.45, 7) is 3.07. The zero-order valence-corrected chi connectivity index (χ0v) is 11.2. The summed E-state index contributed by atoms with van der Waals surface area (Å²) >= 11 is 0. The average Bonchev–Trinajstić information content (AvgIpc) is 2.97. The third-order valence-corrected chi connectivity index (χ3v) is 4.31. The molecule has 2 rings (SSSR count). The van der Waals surface area contributed by atoms with Crippen molar-refractivity contribution in [2.24, 2.45) is 5.73 Å². The molecular weight excluding hydrogens is 212 g/mol. The Balaban J connectivity index is 2.31. The molecule has 1 atom stereocenters. The molecule has 0 aromatic carbocycles. The van der Waals surface area contributed by atoms with Crippen molar-refractivity contribution in [3.8, 4) is 0 Å². The van der Waals surface area contributed by atoms with Crippen molar-refractivity contribution in [1.82, 2.24) is 14.5 Å². The highest BCUT2D eigenvalue weighted by atomic mass is 15.2. The van der Waals surface area contributed by atoms with Crippen molar-refractivity contribution in [2.45, 2.75) is 50.7 Å². The van der Waals surface area contributed by atoms with E-state index in [-0.39, 0.29) is 11.6 Å². The van der Waals surface area contributed by atoms with Crippen LogP contribution in [0.3, 0.4) is 0 Å². The van der Waals surface area contributed by atoms with Crippen LogP contribution in [0.1, 0.15) is 44.5 Å². The molecule has 1 heterocycles. The van der Waals surface area contributed by atoms with E-state index in [2.05, 4.69) is 35.5 Å². The van der Waals surface area contributed by atoms with Gasteiger partial charge in [-0.3, -0.25) is 0 Å². The van der Waals surface area contributed by atoms with Crippen LogP contribution in [0.15, 0.2) is 12.4 Å². The molecule has 4 heteroatoms. The summed E-state index contributed by atoms with van der Waals surface area (Å²) in [7, 11) is 4.29. The highest BCUT2D eigenvalue weighted by Crippen LogP contribution is 2.41. The van der Waals surface area contributed by atoms with Gasteiger partial charge in [0.1, 0.15) is 5.82 Å². The van der Waals surface area contributed by atoms with E-state index in [0.717, 1.165) is 12.4 Å². The van der Waals surface area contributed by atoms with E-state index in [1.54, 1.807) is 0 Å². The van der Waals surface area contributed by atoms with Gasteiger partial charge >= 0.3 is 0 Å². The summed E-state index contributed by atoms with van der Waals surface area (Å²) < 4.78 is 2.16. The normalized spacial score (nSPS) is 21.0. The van der Waals surface area contributed by atoms with Crippen LogP contribution in [0, 0.1) is 0 Å². The first-order valence-electron chi connectivity index (χ1n) is 6.56. The lowest BCUT2D eigenvalue weighted by Gasteiger charge is -2.41. The van der Waals surface area contributed by atoms with Gasteiger partial charge in [-0.2, -0.15) is 0 Å². The molecule has 0 amide bonds. The Morgan fingerprint density at radius 3 is 2.65 bits per heavy atom. The third kappa shape index (κ3) is 2.00. The Bertz CT molecular complexity index is 363. The van der Waals surface area contributed by atoms with Crippen molar-refractivity contribution in [3.63, 3.8) is 0 Å². The molecule has 2 N–H and O–H groups in total. The van der Waals surface area contributed by atoms with Crippen molar-refractivity contribution >= 4 is 0 Å². The summed E-state index contributed by atoms with van der Waals surface area (Å²) in [6, 6.07) is 0.00921. The molecule has 0 bridgehead atoms. The minimum absolute atomic E-state index is 0.00921. The van der Waals surface area contributed by atoms with Gasteiger partial charge in [-0.05, 0) is 33.9 Å². The van der Waals surface area contributed by atoms with E-state index >= 15 is 0 Å². The molecule has 1 aromatic rings.